The molecule has 2 N–H and O–H groups in total. The number of amides is 2. The summed E-state index contributed by atoms with van der Waals surface area (Å²) in [4.78, 5) is 24.4. The van der Waals surface area contributed by atoms with Crippen molar-refractivity contribution in [1.82, 2.24) is 14.9 Å². The van der Waals surface area contributed by atoms with Crippen molar-refractivity contribution in [3.63, 3.8) is 0 Å². The highest BCUT2D eigenvalue weighted by Gasteiger charge is 2.34. The Labute approximate surface area is 199 Å². The average Bonchev–Trinajstić information content (AvgIpc) is 2.82. The van der Waals surface area contributed by atoms with Crippen LogP contribution in [0.3, 0.4) is 0 Å². The molecule has 1 heterocycles. The molecule has 3 rings (SSSR count). The Bertz CT molecular complexity index is 1120. The first-order chi connectivity index (χ1) is 16.2. The summed E-state index contributed by atoms with van der Waals surface area (Å²) in [5, 5.41) is 5.13. The van der Waals surface area contributed by atoms with E-state index in [1.807, 2.05) is 0 Å². The lowest BCUT2D eigenvalue weighted by atomic mass is 10.0. The highest BCUT2D eigenvalue weighted by atomic mass is 32.2. The predicted octanol–water partition coefficient (Wildman–Crippen LogP) is 2.51. The highest BCUT2D eigenvalue weighted by molar-refractivity contribution is 7.89. The van der Waals surface area contributed by atoms with Crippen LogP contribution in [0.1, 0.15) is 36.8 Å². The van der Waals surface area contributed by atoms with Gasteiger partial charge in [0.1, 0.15) is 11.6 Å². The maximum Gasteiger partial charge on any atom is 0.309 e. The van der Waals surface area contributed by atoms with E-state index in [-0.39, 0.29) is 24.0 Å². The van der Waals surface area contributed by atoms with Gasteiger partial charge in [-0.3, -0.25) is 9.59 Å². The number of hydrogen-bond acceptors (Lipinski definition) is 5. The first-order valence-corrected chi connectivity index (χ1v) is 12.6. The lowest BCUT2D eigenvalue weighted by Crippen LogP contribution is -2.46. The molecule has 1 atom stereocenters. The van der Waals surface area contributed by atoms with Crippen molar-refractivity contribution in [2.75, 3.05) is 20.2 Å². The smallest absolute Gasteiger partial charge is 0.309 e. The van der Waals surface area contributed by atoms with E-state index in [0.29, 0.717) is 30.7 Å². The third-order valence-corrected chi connectivity index (χ3v) is 7.99. The Morgan fingerprint density at radius 2 is 1.79 bits per heavy atom. The fraction of sp³-hybridized carbons (Fsp3) is 0.417. The summed E-state index contributed by atoms with van der Waals surface area (Å²) in [5.74, 6) is -1.32. The van der Waals surface area contributed by atoms with E-state index in [9.17, 15) is 22.4 Å². The van der Waals surface area contributed by atoms with Gasteiger partial charge in [-0.25, -0.2) is 12.8 Å². The van der Waals surface area contributed by atoms with E-state index in [0.717, 1.165) is 24.5 Å². The number of rotatable bonds is 8. The van der Waals surface area contributed by atoms with Gasteiger partial charge in [0, 0.05) is 25.7 Å². The van der Waals surface area contributed by atoms with Gasteiger partial charge in [0.05, 0.1) is 12.0 Å². The number of sulfonamides is 1. The summed E-state index contributed by atoms with van der Waals surface area (Å²) in [6.45, 7) is 2.29. The molecule has 8 nitrogen and oxygen atoms in total. The third kappa shape index (κ3) is 6.32. The van der Waals surface area contributed by atoms with Gasteiger partial charge in [-0.05, 0) is 67.6 Å². The number of hydrogen-bond donors (Lipinski definition) is 2. The molecule has 0 bridgehead atoms. The van der Waals surface area contributed by atoms with Crippen LogP contribution in [0.2, 0.25) is 0 Å². The molecule has 2 aromatic carbocycles. The summed E-state index contributed by atoms with van der Waals surface area (Å²) >= 11 is 0. The fourth-order valence-corrected chi connectivity index (χ4v) is 5.98. The number of carbonyl (C=O) groups excluding carboxylic acids is 2. The van der Waals surface area contributed by atoms with Gasteiger partial charge in [0.15, 0.2) is 0 Å². The molecular weight excluding hydrogens is 461 g/mol. The third-order valence-electron chi connectivity index (χ3n) is 5.88. The molecule has 1 aliphatic rings. The minimum atomic E-state index is -3.80. The van der Waals surface area contributed by atoms with E-state index >= 15 is 0 Å². The van der Waals surface area contributed by atoms with Gasteiger partial charge in [0.25, 0.3) is 0 Å². The maximum atomic E-state index is 13.5. The number of piperidine rings is 1. The van der Waals surface area contributed by atoms with Crippen LogP contribution in [0.25, 0.3) is 0 Å². The molecule has 184 valence electrons. The van der Waals surface area contributed by atoms with Crippen molar-refractivity contribution < 1.29 is 27.1 Å². The Kier molecular flexibility index (Phi) is 8.62. The molecule has 0 saturated carbocycles. The predicted molar refractivity (Wildman–Crippen MR) is 125 cm³/mol. The van der Waals surface area contributed by atoms with E-state index in [1.54, 1.807) is 38.3 Å². The summed E-state index contributed by atoms with van der Waals surface area (Å²) in [5.41, 5.74) is 1.17. The number of nitrogens with zero attached hydrogens (tertiary/aromatic N) is 1. The molecule has 1 saturated heterocycles. The minimum Gasteiger partial charge on any atom is -0.497 e. The van der Waals surface area contributed by atoms with Crippen LogP contribution in [0.4, 0.5) is 4.39 Å². The Morgan fingerprint density at radius 3 is 2.47 bits per heavy atom. The fourth-order valence-electron chi connectivity index (χ4n) is 4.05. The number of benzene rings is 2. The summed E-state index contributed by atoms with van der Waals surface area (Å²) in [7, 11) is -2.24. The summed E-state index contributed by atoms with van der Waals surface area (Å²) in [6, 6.07) is 10.4. The molecular formula is C24H30FN3O5S. The van der Waals surface area contributed by atoms with Crippen LogP contribution < -0.4 is 15.4 Å². The minimum absolute atomic E-state index is 0.0859. The van der Waals surface area contributed by atoms with E-state index in [1.165, 1.54) is 16.4 Å². The van der Waals surface area contributed by atoms with Crippen LogP contribution in [-0.2, 0) is 26.2 Å². The van der Waals surface area contributed by atoms with E-state index < -0.39 is 27.7 Å². The highest BCUT2D eigenvalue weighted by Crippen LogP contribution is 2.28. The SMILES string of the molecule is COc1ccc(CNC(=O)C(=O)NCCC2CCCCN2S(=O)(=O)c2ccc(F)cc2C)cc1. The van der Waals surface area contributed by atoms with Gasteiger partial charge >= 0.3 is 11.8 Å². The van der Waals surface area contributed by atoms with Crippen LogP contribution in [0.5, 0.6) is 5.75 Å². The molecule has 1 fully saturated rings. The number of methoxy groups -OCH3 is 1. The molecule has 0 aliphatic carbocycles. The lowest BCUT2D eigenvalue weighted by molar-refractivity contribution is -0.139. The molecule has 10 heteroatoms. The van der Waals surface area contributed by atoms with Crippen molar-refractivity contribution in [2.24, 2.45) is 0 Å². The largest absolute Gasteiger partial charge is 0.497 e. The first-order valence-electron chi connectivity index (χ1n) is 11.2. The van der Waals surface area contributed by atoms with Crippen molar-refractivity contribution in [1.29, 1.82) is 0 Å². The van der Waals surface area contributed by atoms with Gasteiger partial charge < -0.3 is 15.4 Å². The zero-order valence-electron chi connectivity index (χ0n) is 19.3. The van der Waals surface area contributed by atoms with Crippen LogP contribution in [-0.4, -0.2) is 50.8 Å². The Balaban J connectivity index is 1.53. The second-order valence-corrected chi connectivity index (χ2v) is 10.1. The van der Waals surface area contributed by atoms with Crippen molar-refractivity contribution in [2.45, 2.75) is 50.1 Å². The molecule has 0 aromatic heterocycles. The Morgan fingerprint density at radius 1 is 1.09 bits per heavy atom. The van der Waals surface area contributed by atoms with Gasteiger partial charge in [0.2, 0.25) is 10.0 Å². The lowest BCUT2D eigenvalue weighted by Gasteiger charge is -2.35. The average molecular weight is 492 g/mol. The molecule has 2 amide bonds. The zero-order valence-corrected chi connectivity index (χ0v) is 20.2. The topological polar surface area (TPSA) is 105 Å². The standard InChI is InChI=1S/C24H30FN3O5S/c1-17-15-19(25)8-11-22(17)34(31,32)28-14-4-3-5-20(28)12-13-26-23(29)24(30)27-16-18-6-9-21(33-2)10-7-18/h6-11,15,20H,3-5,12-14,16H2,1-2H3,(H,26,29)(H,27,30). The Hall–Kier alpha value is -2.98. The molecule has 34 heavy (non-hydrogen) atoms. The quantitative estimate of drug-likeness (QED) is 0.552. The number of carbonyl (C=O) groups is 2. The van der Waals surface area contributed by atoms with Crippen LogP contribution in [0, 0.1) is 12.7 Å². The number of aryl methyl sites for hydroxylation is 1. The monoisotopic (exact) mass is 491 g/mol. The van der Waals surface area contributed by atoms with E-state index in [4.69, 9.17) is 4.74 Å². The van der Waals surface area contributed by atoms with Crippen molar-refractivity contribution >= 4 is 21.8 Å². The molecule has 1 unspecified atom stereocenters. The van der Waals surface area contributed by atoms with Crippen molar-refractivity contribution in [3.05, 3.63) is 59.4 Å². The van der Waals surface area contributed by atoms with E-state index in [2.05, 4.69) is 10.6 Å². The molecule has 2 aromatic rings. The molecule has 0 radical (unpaired) electrons. The zero-order chi connectivity index (χ0) is 24.7. The number of nitrogens with one attached hydrogen (secondary N) is 2. The van der Waals surface area contributed by atoms with Gasteiger partial charge in [-0.1, -0.05) is 18.6 Å². The van der Waals surface area contributed by atoms with Gasteiger partial charge in [-0.15, -0.1) is 0 Å². The normalized spacial score (nSPS) is 16.6. The van der Waals surface area contributed by atoms with Crippen LogP contribution in [0.15, 0.2) is 47.4 Å². The van der Waals surface area contributed by atoms with Gasteiger partial charge in [-0.2, -0.15) is 4.31 Å². The first kappa shape index (κ1) is 25.6. The maximum absolute atomic E-state index is 13.5. The second-order valence-electron chi connectivity index (χ2n) is 8.25. The number of halogens is 1. The summed E-state index contributed by atoms with van der Waals surface area (Å²) in [6.07, 6.45) is 2.63. The summed E-state index contributed by atoms with van der Waals surface area (Å²) < 4.78 is 46.5. The second kappa shape index (κ2) is 11.4. The van der Waals surface area contributed by atoms with Crippen LogP contribution >= 0.6 is 0 Å². The number of ether oxygens (including phenoxy) is 1. The molecule has 1 aliphatic heterocycles. The van der Waals surface area contributed by atoms with Crippen molar-refractivity contribution in [3.8, 4) is 5.75 Å². The molecule has 0 spiro atoms.